The van der Waals surface area contributed by atoms with E-state index in [1.165, 1.54) is 12.1 Å². The number of halogens is 6. The van der Waals surface area contributed by atoms with E-state index in [9.17, 15) is 36.6 Å². The molecule has 0 spiro atoms. The molecule has 0 bridgehead atoms. The Balaban J connectivity index is 1.68. The van der Waals surface area contributed by atoms with Crippen LogP contribution in [0.25, 0.3) is 11.3 Å². The number of primary amides is 1. The summed E-state index contributed by atoms with van der Waals surface area (Å²) >= 11 is 3.12. The van der Waals surface area contributed by atoms with Crippen molar-refractivity contribution >= 4 is 27.9 Å². The van der Waals surface area contributed by atoms with E-state index in [1.54, 1.807) is 0 Å². The monoisotopic (exact) mass is 592 g/mol. The van der Waals surface area contributed by atoms with E-state index in [4.69, 9.17) is 20.6 Å². The number of alkyl halides is 3. The molecule has 198 valence electrons. The van der Waals surface area contributed by atoms with Crippen LogP contribution >= 0.6 is 15.9 Å². The second-order valence-electron chi connectivity index (χ2n) is 7.53. The van der Waals surface area contributed by atoms with Gasteiger partial charge in [-0.05, 0) is 40.2 Å². The Labute approximate surface area is 213 Å². The summed E-state index contributed by atoms with van der Waals surface area (Å²) < 4.78 is 76.9. The zero-order valence-electron chi connectivity index (χ0n) is 18.6. The van der Waals surface area contributed by atoms with Crippen LogP contribution in [0, 0.1) is 11.6 Å². The smallest absolute Gasteiger partial charge is 0.416 e. The van der Waals surface area contributed by atoms with E-state index < -0.39 is 59.3 Å². The molecule has 9 nitrogen and oxygen atoms in total. The van der Waals surface area contributed by atoms with Crippen LogP contribution in [-0.2, 0) is 6.18 Å². The van der Waals surface area contributed by atoms with Crippen molar-refractivity contribution in [3.05, 3.63) is 69.7 Å². The average Bonchev–Trinajstić information content (AvgIpc) is 3.20. The lowest BCUT2D eigenvalue weighted by molar-refractivity contribution is -0.137. The van der Waals surface area contributed by atoms with Gasteiger partial charge in [-0.15, -0.1) is 0 Å². The SMILES string of the molecule is NC(=O)c1c(F)ccc(OCCN(CC(N)c2nc(-c3ccc(C(F)(F)F)cc3)c(Br)o2)C(=O)O)c1F. The van der Waals surface area contributed by atoms with Gasteiger partial charge in [-0.2, -0.15) is 13.2 Å². The molecule has 1 atom stereocenters. The lowest BCUT2D eigenvalue weighted by Crippen LogP contribution is -2.39. The van der Waals surface area contributed by atoms with Crippen molar-refractivity contribution in [1.29, 1.82) is 0 Å². The molecule has 3 aromatic rings. The number of oxazole rings is 1. The summed E-state index contributed by atoms with van der Waals surface area (Å²) in [5.41, 5.74) is 9.58. The Bertz CT molecular complexity index is 1300. The number of nitrogens with zero attached hydrogens (tertiary/aromatic N) is 2. The maximum absolute atomic E-state index is 14.3. The zero-order chi connectivity index (χ0) is 27.5. The first-order chi connectivity index (χ1) is 17.3. The third-order valence-electron chi connectivity index (χ3n) is 5.01. The number of rotatable bonds is 9. The molecule has 0 saturated carbocycles. The first-order valence-electron chi connectivity index (χ1n) is 10.3. The molecular formula is C22H18BrF5N4O5. The minimum Gasteiger partial charge on any atom is -0.489 e. The number of amides is 2. The number of nitrogens with two attached hydrogens (primary N) is 2. The van der Waals surface area contributed by atoms with E-state index in [1.807, 2.05) is 0 Å². The summed E-state index contributed by atoms with van der Waals surface area (Å²) in [6.45, 7) is -1.07. The number of carbonyl (C=O) groups excluding carboxylic acids is 1. The number of carboxylic acid groups (broad SMARTS) is 1. The molecule has 2 amide bonds. The molecule has 0 aliphatic heterocycles. The topological polar surface area (TPSA) is 145 Å². The predicted molar refractivity (Wildman–Crippen MR) is 122 cm³/mol. The van der Waals surface area contributed by atoms with Gasteiger partial charge in [0, 0.05) is 12.1 Å². The van der Waals surface area contributed by atoms with Crippen LogP contribution in [0.2, 0.25) is 0 Å². The Morgan fingerprint density at radius 1 is 1.16 bits per heavy atom. The summed E-state index contributed by atoms with van der Waals surface area (Å²) in [6, 6.07) is 4.73. The van der Waals surface area contributed by atoms with Gasteiger partial charge in [-0.25, -0.2) is 18.6 Å². The van der Waals surface area contributed by atoms with Gasteiger partial charge >= 0.3 is 12.3 Å². The largest absolute Gasteiger partial charge is 0.489 e. The summed E-state index contributed by atoms with van der Waals surface area (Å²) in [5, 5.41) is 9.48. The van der Waals surface area contributed by atoms with Crippen molar-refractivity contribution in [1.82, 2.24) is 9.88 Å². The van der Waals surface area contributed by atoms with E-state index >= 15 is 0 Å². The molecular weight excluding hydrogens is 575 g/mol. The number of hydrogen-bond donors (Lipinski definition) is 3. The summed E-state index contributed by atoms with van der Waals surface area (Å²) in [7, 11) is 0. The maximum Gasteiger partial charge on any atom is 0.416 e. The highest BCUT2D eigenvalue weighted by atomic mass is 79.9. The van der Waals surface area contributed by atoms with Crippen LogP contribution in [0.3, 0.4) is 0 Å². The highest BCUT2D eigenvalue weighted by Gasteiger charge is 2.30. The van der Waals surface area contributed by atoms with Gasteiger partial charge in [0.2, 0.25) is 5.89 Å². The highest BCUT2D eigenvalue weighted by molar-refractivity contribution is 9.10. The van der Waals surface area contributed by atoms with Crippen LogP contribution in [0.1, 0.15) is 27.9 Å². The van der Waals surface area contributed by atoms with Gasteiger partial charge in [-0.3, -0.25) is 4.79 Å². The fourth-order valence-corrected chi connectivity index (χ4v) is 3.67. The Hall–Kier alpha value is -3.72. The van der Waals surface area contributed by atoms with E-state index in [0.29, 0.717) is 5.56 Å². The lowest BCUT2D eigenvalue weighted by atomic mass is 10.1. The summed E-state index contributed by atoms with van der Waals surface area (Å²) in [6.07, 6.45) is -5.92. The normalized spacial score (nSPS) is 12.3. The zero-order valence-corrected chi connectivity index (χ0v) is 20.1. The third-order valence-corrected chi connectivity index (χ3v) is 5.55. The molecule has 1 unspecified atom stereocenters. The Morgan fingerprint density at radius 2 is 1.81 bits per heavy atom. The average molecular weight is 593 g/mol. The van der Waals surface area contributed by atoms with Crippen LogP contribution in [0.5, 0.6) is 5.75 Å². The number of hydrogen-bond acceptors (Lipinski definition) is 6. The van der Waals surface area contributed by atoms with Crippen molar-refractivity contribution in [2.45, 2.75) is 12.2 Å². The lowest BCUT2D eigenvalue weighted by Gasteiger charge is -2.21. The first-order valence-corrected chi connectivity index (χ1v) is 11.1. The molecule has 1 aromatic heterocycles. The quantitative estimate of drug-likeness (QED) is 0.309. The van der Waals surface area contributed by atoms with Crippen LogP contribution < -0.4 is 16.2 Å². The van der Waals surface area contributed by atoms with Crippen LogP contribution in [0.15, 0.2) is 45.5 Å². The molecule has 0 aliphatic carbocycles. The minimum absolute atomic E-state index is 0.0694. The molecule has 0 saturated heterocycles. The van der Waals surface area contributed by atoms with Gasteiger partial charge < -0.3 is 30.6 Å². The number of carbonyl (C=O) groups is 2. The Morgan fingerprint density at radius 3 is 2.38 bits per heavy atom. The van der Waals surface area contributed by atoms with E-state index in [2.05, 4.69) is 20.9 Å². The third kappa shape index (κ3) is 6.54. The van der Waals surface area contributed by atoms with Crippen LogP contribution in [-0.4, -0.2) is 46.7 Å². The van der Waals surface area contributed by atoms with E-state index in [0.717, 1.165) is 29.2 Å². The van der Waals surface area contributed by atoms with Gasteiger partial charge in [0.15, 0.2) is 16.2 Å². The highest BCUT2D eigenvalue weighted by Crippen LogP contribution is 2.34. The molecule has 2 aromatic carbocycles. The van der Waals surface area contributed by atoms with Crippen molar-refractivity contribution in [2.75, 3.05) is 19.7 Å². The molecule has 3 rings (SSSR count). The number of aromatic nitrogens is 1. The molecule has 0 radical (unpaired) electrons. The fourth-order valence-electron chi connectivity index (χ4n) is 3.19. The van der Waals surface area contributed by atoms with Gasteiger partial charge in [-0.1, -0.05) is 12.1 Å². The first kappa shape index (κ1) is 27.9. The van der Waals surface area contributed by atoms with Gasteiger partial charge in [0.05, 0.1) is 18.2 Å². The fraction of sp³-hybridized carbons (Fsp3) is 0.227. The number of ether oxygens (including phenoxy) is 1. The molecule has 1 heterocycles. The molecule has 0 aliphatic rings. The second kappa shape index (κ2) is 11.1. The second-order valence-corrected chi connectivity index (χ2v) is 8.25. The van der Waals surface area contributed by atoms with Gasteiger partial charge in [0.1, 0.15) is 23.7 Å². The molecule has 15 heteroatoms. The molecule has 5 N–H and O–H groups in total. The van der Waals surface area contributed by atoms with E-state index in [-0.39, 0.29) is 29.3 Å². The standard InChI is InChI=1S/C22H18BrF5N4O5/c23-18-17(10-1-3-11(4-2-10)22(26,27)28)31-20(37-18)13(29)9-32(21(34)35)7-8-36-14-6-5-12(24)15(16(14)25)19(30)33/h1-6,13H,7-9,29H2,(H2,30,33)(H,34,35). The summed E-state index contributed by atoms with van der Waals surface area (Å²) in [4.78, 5) is 27.8. The van der Waals surface area contributed by atoms with Crippen molar-refractivity contribution < 1.29 is 45.8 Å². The van der Waals surface area contributed by atoms with Crippen molar-refractivity contribution in [3.8, 4) is 17.0 Å². The maximum atomic E-state index is 14.3. The summed E-state index contributed by atoms with van der Waals surface area (Å²) in [5.74, 6) is -4.46. The minimum atomic E-state index is -4.51. The van der Waals surface area contributed by atoms with Crippen LogP contribution in [0.4, 0.5) is 26.7 Å². The molecule has 37 heavy (non-hydrogen) atoms. The van der Waals surface area contributed by atoms with Gasteiger partial charge in [0.25, 0.3) is 5.91 Å². The van der Waals surface area contributed by atoms with Crippen molar-refractivity contribution in [3.63, 3.8) is 0 Å². The predicted octanol–water partition coefficient (Wildman–Crippen LogP) is 4.56. The Kier molecular flexibility index (Phi) is 8.38. The van der Waals surface area contributed by atoms with Crippen molar-refractivity contribution in [2.24, 2.45) is 11.5 Å². The number of benzene rings is 2. The molecule has 0 fully saturated rings.